The van der Waals surface area contributed by atoms with Crippen LogP contribution in [0.5, 0.6) is 0 Å². The Balaban J connectivity index is 1.83. The third kappa shape index (κ3) is 3.06. The number of aryl methyl sites for hydroxylation is 4. The van der Waals surface area contributed by atoms with Crippen LogP contribution in [0, 0.1) is 27.7 Å². The number of fused-ring (bicyclic) bond motifs is 1. The van der Waals surface area contributed by atoms with Crippen molar-refractivity contribution in [2.24, 2.45) is 0 Å². The Morgan fingerprint density at radius 2 is 1.75 bits per heavy atom. The van der Waals surface area contributed by atoms with E-state index in [0.29, 0.717) is 0 Å². The molecule has 1 unspecified atom stereocenters. The molecule has 2 aromatic carbocycles. The lowest BCUT2D eigenvalue weighted by Gasteiger charge is -2.12. The summed E-state index contributed by atoms with van der Waals surface area (Å²) < 4.78 is 1.14. The van der Waals surface area contributed by atoms with Gasteiger partial charge in [0.15, 0.2) is 10.9 Å². The van der Waals surface area contributed by atoms with Gasteiger partial charge in [0.2, 0.25) is 0 Å². The van der Waals surface area contributed by atoms with E-state index in [1.165, 1.54) is 16.7 Å². The van der Waals surface area contributed by atoms with Gasteiger partial charge in [-0.25, -0.2) is 4.98 Å². The summed E-state index contributed by atoms with van der Waals surface area (Å²) in [7, 11) is 0. The van der Waals surface area contributed by atoms with Crippen LogP contribution in [-0.2, 0) is 0 Å². The molecule has 0 bridgehead atoms. The highest BCUT2D eigenvalue weighted by Gasteiger charge is 2.17. The van der Waals surface area contributed by atoms with Crippen LogP contribution in [0.2, 0.25) is 0 Å². The minimum atomic E-state index is -0.311. The van der Waals surface area contributed by atoms with Gasteiger partial charge < -0.3 is 5.32 Å². The van der Waals surface area contributed by atoms with Gasteiger partial charge in [-0.15, -0.1) is 0 Å². The molecular weight excluding hydrogens is 316 g/mol. The SMILES string of the molecule is Cc1ccc(C(=O)C(C)Nc2nc3c(C)c(C)ccc3s2)cc1C. The van der Waals surface area contributed by atoms with Gasteiger partial charge >= 0.3 is 0 Å². The summed E-state index contributed by atoms with van der Waals surface area (Å²) in [6.45, 7) is 10.2. The Hall–Kier alpha value is -2.20. The van der Waals surface area contributed by atoms with Gasteiger partial charge in [-0.3, -0.25) is 4.79 Å². The van der Waals surface area contributed by atoms with Crippen LogP contribution < -0.4 is 5.32 Å². The maximum absolute atomic E-state index is 12.7. The van der Waals surface area contributed by atoms with E-state index in [1.807, 2.05) is 32.0 Å². The van der Waals surface area contributed by atoms with Gasteiger partial charge in [-0.2, -0.15) is 0 Å². The van der Waals surface area contributed by atoms with Crippen molar-refractivity contribution in [3.63, 3.8) is 0 Å². The van der Waals surface area contributed by atoms with E-state index >= 15 is 0 Å². The van der Waals surface area contributed by atoms with Crippen LogP contribution in [0.25, 0.3) is 10.2 Å². The van der Waals surface area contributed by atoms with Crippen LogP contribution in [-0.4, -0.2) is 16.8 Å². The monoisotopic (exact) mass is 338 g/mol. The fourth-order valence-corrected chi connectivity index (χ4v) is 3.70. The highest BCUT2D eigenvalue weighted by molar-refractivity contribution is 7.22. The largest absolute Gasteiger partial charge is 0.352 e. The van der Waals surface area contributed by atoms with E-state index in [-0.39, 0.29) is 11.8 Å². The molecule has 0 saturated carbocycles. The fraction of sp³-hybridized carbons (Fsp3) is 0.300. The smallest absolute Gasteiger partial charge is 0.184 e. The van der Waals surface area contributed by atoms with Crippen LogP contribution in [0.3, 0.4) is 0 Å². The van der Waals surface area contributed by atoms with Crippen molar-refractivity contribution in [3.8, 4) is 0 Å². The molecule has 0 aliphatic rings. The Morgan fingerprint density at radius 3 is 2.46 bits per heavy atom. The molecule has 0 spiro atoms. The molecule has 1 heterocycles. The lowest BCUT2D eigenvalue weighted by atomic mass is 10.0. The molecule has 0 aliphatic carbocycles. The quantitative estimate of drug-likeness (QED) is 0.664. The van der Waals surface area contributed by atoms with Crippen LogP contribution >= 0.6 is 11.3 Å². The van der Waals surface area contributed by atoms with Crippen molar-refractivity contribution in [2.45, 2.75) is 40.7 Å². The molecule has 0 amide bonds. The molecule has 3 aromatic rings. The van der Waals surface area contributed by atoms with Gasteiger partial charge in [0, 0.05) is 5.56 Å². The summed E-state index contributed by atoms with van der Waals surface area (Å²) in [5.74, 6) is 0.0882. The molecule has 0 saturated heterocycles. The number of benzene rings is 2. The second-order valence-corrected chi connectivity index (χ2v) is 7.43. The number of rotatable bonds is 4. The molecule has 0 fully saturated rings. The predicted molar refractivity (Wildman–Crippen MR) is 102 cm³/mol. The van der Waals surface area contributed by atoms with Crippen molar-refractivity contribution >= 4 is 32.5 Å². The number of hydrogen-bond donors (Lipinski definition) is 1. The Kier molecular flexibility index (Phi) is 4.41. The minimum Gasteiger partial charge on any atom is -0.352 e. The molecule has 124 valence electrons. The Bertz CT molecular complexity index is 927. The number of carbonyl (C=O) groups is 1. The zero-order chi connectivity index (χ0) is 17.4. The number of hydrogen-bond acceptors (Lipinski definition) is 4. The molecule has 3 rings (SSSR count). The number of thiazole rings is 1. The lowest BCUT2D eigenvalue weighted by molar-refractivity contribution is 0.0975. The van der Waals surface area contributed by atoms with Gasteiger partial charge in [-0.1, -0.05) is 29.5 Å². The van der Waals surface area contributed by atoms with Gasteiger partial charge in [-0.05, 0) is 69.0 Å². The highest BCUT2D eigenvalue weighted by Crippen LogP contribution is 2.30. The number of anilines is 1. The number of carbonyl (C=O) groups excluding carboxylic acids is 1. The average Bonchev–Trinajstić information content (AvgIpc) is 2.96. The van der Waals surface area contributed by atoms with E-state index in [2.05, 4.69) is 43.2 Å². The minimum absolute atomic E-state index is 0.0882. The number of Topliss-reactive ketones (excluding diaryl/α,β-unsaturated/α-hetero) is 1. The summed E-state index contributed by atoms with van der Waals surface area (Å²) in [6.07, 6.45) is 0. The normalized spacial score (nSPS) is 12.4. The second-order valence-electron chi connectivity index (χ2n) is 6.40. The first-order chi connectivity index (χ1) is 11.4. The number of aromatic nitrogens is 1. The molecule has 4 heteroatoms. The molecule has 1 aromatic heterocycles. The summed E-state index contributed by atoms with van der Waals surface area (Å²) in [5.41, 5.74) is 6.53. The average molecular weight is 338 g/mol. The van der Waals surface area contributed by atoms with E-state index in [0.717, 1.165) is 26.5 Å². The number of ketones is 1. The summed E-state index contributed by atoms with van der Waals surface area (Å²) >= 11 is 1.59. The molecule has 1 atom stereocenters. The van der Waals surface area contributed by atoms with Gasteiger partial charge in [0.25, 0.3) is 0 Å². The standard InChI is InChI=1S/C20H22N2OS/c1-11-6-8-16(10-13(11)3)19(23)15(5)21-20-22-18-14(4)12(2)7-9-17(18)24-20/h6-10,15H,1-5H3,(H,21,22). The fourth-order valence-electron chi connectivity index (χ4n) is 2.68. The van der Waals surface area contributed by atoms with Crippen LogP contribution in [0.1, 0.15) is 39.5 Å². The van der Waals surface area contributed by atoms with Gasteiger partial charge in [0.05, 0.1) is 16.3 Å². The maximum atomic E-state index is 12.7. The zero-order valence-corrected chi connectivity index (χ0v) is 15.5. The van der Waals surface area contributed by atoms with Crippen molar-refractivity contribution in [1.82, 2.24) is 4.98 Å². The van der Waals surface area contributed by atoms with Crippen LogP contribution in [0.4, 0.5) is 5.13 Å². The summed E-state index contributed by atoms with van der Waals surface area (Å²) in [4.78, 5) is 17.3. The maximum Gasteiger partial charge on any atom is 0.184 e. The van der Waals surface area contributed by atoms with Crippen molar-refractivity contribution < 1.29 is 4.79 Å². The van der Waals surface area contributed by atoms with Crippen molar-refractivity contribution in [3.05, 3.63) is 58.1 Å². The van der Waals surface area contributed by atoms with E-state index in [1.54, 1.807) is 11.3 Å². The molecule has 3 nitrogen and oxygen atoms in total. The first-order valence-electron chi connectivity index (χ1n) is 8.11. The predicted octanol–water partition coefficient (Wildman–Crippen LogP) is 5.21. The highest BCUT2D eigenvalue weighted by atomic mass is 32.1. The Labute approximate surface area is 146 Å². The second kappa shape index (κ2) is 6.36. The Morgan fingerprint density at radius 1 is 1.04 bits per heavy atom. The topological polar surface area (TPSA) is 42.0 Å². The van der Waals surface area contributed by atoms with E-state index in [4.69, 9.17) is 0 Å². The zero-order valence-electron chi connectivity index (χ0n) is 14.7. The lowest BCUT2D eigenvalue weighted by Crippen LogP contribution is -2.26. The molecule has 0 aliphatic heterocycles. The third-order valence-corrected chi connectivity index (χ3v) is 5.56. The summed E-state index contributed by atoms with van der Waals surface area (Å²) in [5, 5.41) is 4.06. The van der Waals surface area contributed by atoms with Gasteiger partial charge in [0.1, 0.15) is 0 Å². The van der Waals surface area contributed by atoms with E-state index in [9.17, 15) is 4.79 Å². The van der Waals surface area contributed by atoms with E-state index < -0.39 is 0 Å². The number of nitrogens with zero attached hydrogens (tertiary/aromatic N) is 1. The van der Waals surface area contributed by atoms with Crippen molar-refractivity contribution in [2.75, 3.05) is 5.32 Å². The molecule has 0 radical (unpaired) electrons. The van der Waals surface area contributed by atoms with Crippen LogP contribution in [0.15, 0.2) is 30.3 Å². The molecule has 1 N–H and O–H groups in total. The first-order valence-corrected chi connectivity index (χ1v) is 8.93. The van der Waals surface area contributed by atoms with Crippen molar-refractivity contribution in [1.29, 1.82) is 0 Å². The third-order valence-electron chi connectivity index (χ3n) is 4.61. The molecule has 24 heavy (non-hydrogen) atoms. The molecular formula is C20H22N2OS. The first kappa shape index (κ1) is 16.7. The number of nitrogens with one attached hydrogen (secondary N) is 1. The summed E-state index contributed by atoms with van der Waals surface area (Å²) in [6, 6.07) is 9.75.